The van der Waals surface area contributed by atoms with Crippen molar-refractivity contribution in [1.82, 2.24) is 15.8 Å². The van der Waals surface area contributed by atoms with Crippen molar-refractivity contribution in [1.29, 1.82) is 0 Å². The van der Waals surface area contributed by atoms with Crippen molar-refractivity contribution in [3.8, 4) is 0 Å². The molecule has 1 fully saturated rings. The first-order chi connectivity index (χ1) is 6.68. The molecule has 1 atom stereocenters. The summed E-state index contributed by atoms with van der Waals surface area (Å²) in [4.78, 5) is 1.98. The third kappa shape index (κ3) is 1.75. The van der Waals surface area contributed by atoms with E-state index in [1.54, 1.807) is 0 Å². The van der Waals surface area contributed by atoms with Gasteiger partial charge in [-0.05, 0) is 29.9 Å². The van der Waals surface area contributed by atoms with Crippen LogP contribution >= 0.6 is 28.1 Å². The zero-order chi connectivity index (χ0) is 10.1. The molecule has 0 radical (unpaired) electrons. The first kappa shape index (κ1) is 9.89. The highest BCUT2D eigenvalue weighted by Gasteiger charge is 2.25. The van der Waals surface area contributed by atoms with E-state index in [1.165, 1.54) is 5.56 Å². The van der Waals surface area contributed by atoms with Gasteiger partial charge in [0.05, 0.1) is 0 Å². The minimum absolute atomic E-state index is 0.111. The fraction of sp³-hybridized carbons (Fsp3) is 0.222. The maximum absolute atomic E-state index is 5.09. The van der Waals surface area contributed by atoms with E-state index in [4.69, 9.17) is 12.2 Å². The minimum Gasteiger partial charge on any atom is -0.330 e. The van der Waals surface area contributed by atoms with Crippen molar-refractivity contribution in [2.24, 2.45) is 0 Å². The maximum atomic E-state index is 5.09. The predicted molar refractivity (Wildman–Crippen MR) is 63.5 cm³/mol. The molecule has 0 saturated carbocycles. The van der Waals surface area contributed by atoms with E-state index in [0.717, 1.165) is 9.59 Å². The van der Waals surface area contributed by atoms with Gasteiger partial charge in [-0.2, -0.15) is 0 Å². The lowest BCUT2D eigenvalue weighted by atomic mass is 10.2. The number of halogens is 1. The van der Waals surface area contributed by atoms with Crippen LogP contribution in [0, 0.1) is 0 Å². The summed E-state index contributed by atoms with van der Waals surface area (Å²) in [6.07, 6.45) is 0.111. The molecule has 0 spiro atoms. The molecule has 14 heavy (non-hydrogen) atoms. The van der Waals surface area contributed by atoms with Crippen LogP contribution in [0.1, 0.15) is 11.7 Å². The number of thiocarbonyl (C=S) groups is 1. The van der Waals surface area contributed by atoms with Crippen LogP contribution in [-0.2, 0) is 0 Å². The average molecular weight is 272 g/mol. The second-order valence-electron chi connectivity index (χ2n) is 3.14. The van der Waals surface area contributed by atoms with Crippen LogP contribution in [0.5, 0.6) is 0 Å². The second-order valence-corrected chi connectivity index (χ2v) is 4.45. The van der Waals surface area contributed by atoms with E-state index in [9.17, 15) is 0 Å². The topological polar surface area (TPSA) is 27.3 Å². The Bertz CT molecular complexity index is 369. The van der Waals surface area contributed by atoms with Crippen LogP contribution in [0.2, 0.25) is 0 Å². The molecule has 3 nitrogen and oxygen atoms in total. The van der Waals surface area contributed by atoms with Gasteiger partial charge in [-0.25, -0.2) is 5.43 Å². The summed E-state index contributed by atoms with van der Waals surface area (Å²) >= 11 is 8.54. The van der Waals surface area contributed by atoms with Crippen molar-refractivity contribution in [3.63, 3.8) is 0 Å². The number of nitrogens with zero attached hydrogens (tertiary/aromatic N) is 1. The first-order valence-corrected chi connectivity index (χ1v) is 5.42. The highest BCUT2D eigenvalue weighted by Crippen LogP contribution is 2.22. The van der Waals surface area contributed by atoms with Gasteiger partial charge in [0.2, 0.25) is 0 Å². The summed E-state index contributed by atoms with van der Waals surface area (Å²) in [6.45, 7) is 0. The zero-order valence-electron chi connectivity index (χ0n) is 7.62. The Morgan fingerprint density at radius 2 is 2.29 bits per heavy atom. The molecule has 0 aromatic heterocycles. The molecule has 1 aliphatic rings. The van der Waals surface area contributed by atoms with Crippen molar-refractivity contribution < 1.29 is 0 Å². The normalized spacial score (nSPS) is 21.1. The Labute approximate surface area is 96.6 Å². The molecular weight excluding hydrogens is 262 g/mol. The van der Waals surface area contributed by atoms with E-state index in [0.29, 0.717) is 0 Å². The third-order valence-electron chi connectivity index (χ3n) is 2.19. The molecule has 1 saturated heterocycles. The number of benzene rings is 1. The molecule has 2 N–H and O–H groups in total. The molecule has 0 bridgehead atoms. The highest BCUT2D eigenvalue weighted by molar-refractivity contribution is 9.10. The predicted octanol–water partition coefficient (Wildman–Crippen LogP) is 1.77. The van der Waals surface area contributed by atoms with Crippen LogP contribution < -0.4 is 10.9 Å². The molecule has 0 amide bonds. The lowest BCUT2D eigenvalue weighted by molar-refractivity contribution is 0.367. The van der Waals surface area contributed by atoms with Gasteiger partial charge in [-0.15, -0.1) is 0 Å². The quantitative estimate of drug-likeness (QED) is 0.762. The van der Waals surface area contributed by atoms with Crippen LogP contribution in [0.15, 0.2) is 28.7 Å². The summed E-state index contributed by atoms with van der Waals surface area (Å²) in [5.41, 5.74) is 7.22. The summed E-state index contributed by atoms with van der Waals surface area (Å²) in [5, 5.41) is 0.718. The number of nitrogens with one attached hydrogen (secondary N) is 2. The highest BCUT2D eigenvalue weighted by atomic mass is 79.9. The number of rotatable bonds is 1. The largest absolute Gasteiger partial charge is 0.330 e. The zero-order valence-corrected chi connectivity index (χ0v) is 10.0. The van der Waals surface area contributed by atoms with Crippen LogP contribution in [0.4, 0.5) is 0 Å². The smallest absolute Gasteiger partial charge is 0.184 e. The van der Waals surface area contributed by atoms with Crippen LogP contribution in [-0.4, -0.2) is 17.1 Å². The molecule has 1 aromatic rings. The first-order valence-electron chi connectivity index (χ1n) is 4.22. The van der Waals surface area contributed by atoms with E-state index in [1.807, 2.05) is 24.1 Å². The molecule has 1 unspecified atom stereocenters. The third-order valence-corrected chi connectivity index (χ3v) is 3.07. The molecule has 5 heteroatoms. The van der Waals surface area contributed by atoms with E-state index in [2.05, 4.69) is 38.9 Å². The van der Waals surface area contributed by atoms with Gasteiger partial charge in [0.25, 0.3) is 0 Å². The van der Waals surface area contributed by atoms with Gasteiger partial charge in [0.15, 0.2) is 5.11 Å². The van der Waals surface area contributed by atoms with E-state index >= 15 is 0 Å². The summed E-state index contributed by atoms with van der Waals surface area (Å²) in [7, 11) is 1.96. The van der Waals surface area contributed by atoms with Crippen molar-refractivity contribution in [2.75, 3.05) is 7.05 Å². The Morgan fingerprint density at radius 3 is 2.86 bits per heavy atom. The van der Waals surface area contributed by atoms with Gasteiger partial charge in [0, 0.05) is 11.5 Å². The van der Waals surface area contributed by atoms with Crippen LogP contribution in [0.3, 0.4) is 0 Å². The van der Waals surface area contributed by atoms with Gasteiger partial charge >= 0.3 is 0 Å². The molecule has 1 aliphatic heterocycles. The van der Waals surface area contributed by atoms with Crippen LogP contribution in [0.25, 0.3) is 0 Å². The Morgan fingerprint density at radius 1 is 1.50 bits per heavy atom. The Balaban J connectivity index is 2.28. The molecule has 1 aromatic carbocycles. The number of hydrogen-bond donors (Lipinski definition) is 2. The van der Waals surface area contributed by atoms with Crippen molar-refractivity contribution in [2.45, 2.75) is 6.17 Å². The van der Waals surface area contributed by atoms with Gasteiger partial charge < -0.3 is 4.90 Å². The molecule has 74 valence electrons. The molecule has 0 aliphatic carbocycles. The Kier molecular flexibility index (Phi) is 2.71. The fourth-order valence-corrected chi connectivity index (χ4v) is 2.00. The number of hydrazine groups is 1. The van der Waals surface area contributed by atoms with E-state index < -0.39 is 0 Å². The standard InChI is InChI=1S/C9H10BrN3S/c1-13-8(11-12-9(13)14)6-3-2-4-7(10)5-6/h2-5,8,11H,1H3,(H,12,14). The molecule has 2 rings (SSSR count). The number of hydrogen-bond acceptors (Lipinski definition) is 2. The van der Waals surface area contributed by atoms with Gasteiger partial charge in [-0.1, -0.05) is 28.1 Å². The maximum Gasteiger partial charge on any atom is 0.184 e. The van der Waals surface area contributed by atoms with Gasteiger partial charge in [0.1, 0.15) is 6.17 Å². The molecular formula is C9H10BrN3S. The fourth-order valence-electron chi connectivity index (χ4n) is 1.42. The lowest BCUT2D eigenvalue weighted by Gasteiger charge is -2.19. The minimum atomic E-state index is 0.111. The summed E-state index contributed by atoms with van der Waals surface area (Å²) < 4.78 is 1.07. The van der Waals surface area contributed by atoms with Gasteiger partial charge in [-0.3, -0.25) is 5.43 Å². The van der Waals surface area contributed by atoms with Crippen molar-refractivity contribution >= 4 is 33.3 Å². The average Bonchev–Trinajstić information content (AvgIpc) is 2.48. The SMILES string of the molecule is CN1C(=S)NNC1c1cccc(Br)c1. The monoisotopic (exact) mass is 271 g/mol. The van der Waals surface area contributed by atoms with Crippen molar-refractivity contribution in [3.05, 3.63) is 34.3 Å². The Hall–Kier alpha value is -0.650. The molecule has 1 heterocycles. The summed E-state index contributed by atoms with van der Waals surface area (Å²) in [5.74, 6) is 0. The second kappa shape index (κ2) is 3.84. The lowest BCUT2D eigenvalue weighted by Crippen LogP contribution is -2.26. The van der Waals surface area contributed by atoms with E-state index in [-0.39, 0.29) is 6.17 Å². The summed E-state index contributed by atoms with van der Waals surface area (Å²) in [6, 6.07) is 8.15.